The molecule has 1 aromatic rings. The molecular formula is C15H20N2O5. The highest BCUT2D eigenvalue weighted by Crippen LogP contribution is 2.10. The number of rotatable bonds is 8. The number of esters is 1. The zero-order valence-corrected chi connectivity index (χ0v) is 12.7. The molecule has 2 N–H and O–H groups in total. The third kappa shape index (κ3) is 6.25. The Hall–Kier alpha value is -2.57. The summed E-state index contributed by atoms with van der Waals surface area (Å²) >= 11 is 0. The van der Waals surface area contributed by atoms with Gasteiger partial charge in [0.1, 0.15) is 5.75 Å². The van der Waals surface area contributed by atoms with Crippen molar-refractivity contribution in [2.45, 2.75) is 12.8 Å². The molecule has 0 unspecified atom stereocenters. The Morgan fingerprint density at radius 2 is 1.73 bits per heavy atom. The van der Waals surface area contributed by atoms with E-state index < -0.39 is 0 Å². The Morgan fingerprint density at radius 3 is 2.32 bits per heavy atom. The quantitative estimate of drug-likeness (QED) is 0.538. The van der Waals surface area contributed by atoms with Gasteiger partial charge in [-0.2, -0.15) is 0 Å². The summed E-state index contributed by atoms with van der Waals surface area (Å²) in [5, 5.41) is 5.12. The molecule has 0 fully saturated rings. The first-order valence-corrected chi connectivity index (χ1v) is 6.82. The molecule has 0 aliphatic heterocycles. The van der Waals surface area contributed by atoms with Gasteiger partial charge in [0.25, 0.3) is 5.91 Å². The summed E-state index contributed by atoms with van der Waals surface area (Å²) < 4.78 is 9.48. The normalized spacial score (nSPS) is 9.73. The van der Waals surface area contributed by atoms with Crippen LogP contribution in [0.2, 0.25) is 0 Å². The third-order valence-electron chi connectivity index (χ3n) is 2.87. The van der Waals surface area contributed by atoms with E-state index in [-0.39, 0.29) is 30.7 Å². The van der Waals surface area contributed by atoms with Gasteiger partial charge in [0, 0.05) is 18.5 Å². The minimum absolute atomic E-state index is 0.122. The highest BCUT2D eigenvalue weighted by Gasteiger charge is 2.08. The highest BCUT2D eigenvalue weighted by atomic mass is 16.5. The number of benzene rings is 1. The number of ether oxygens (including phenoxy) is 2. The van der Waals surface area contributed by atoms with Crippen LogP contribution >= 0.6 is 0 Å². The molecule has 0 bridgehead atoms. The Labute approximate surface area is 129 Å². The van der Waals surface area contributed by atoms with Crippen molar-refractivity contribution in [3.8, 4) is 5.75 Å². The van der Waals surface area contributed by atoms with Crippen molar-refractivity contribution in [2.75, 3.05) is 27.3 Å². The number of hydrogen-bond donors (Lipinski definition) is 2. The molecule has 120 valence electrons. The van der Waals surface area contributed by atoms with E-state index in [1.165, 1.54) is 7.11 Å². The van der Waals surface area contributed by atoms with E-state index in [0.29, 0.717) is 24.3 Å². The Bertz CT molecular complexity index is 513. The van der Waals surface area contributed by atoms with E-state index in [0.717, 1.165) is 0 Å². The van der Waals surface area contributed by atoms with Gasteiger partial charge in [-0.25, -0.2) is 0 Å². The molecule has 0 aromatic heterocycles. The topological polar surface area (TPSA) is 93.7 Å². The fourth-order valence-corrected chi connectivity index (χ4v) is 1.63. The Kier molecular flexibility index (Phi) is 7.45. The van der Waals surface area contributed by atoms with E-state index in [9.17, 15) is 14.4 Å². The molecule has 0 saturated carbocycles. The van der Waals surface area contributed by atoms with Crippen molar-refractivity contribution >= 4 is 17.8 Å². The maximum absolute atomic E-state index is 11.8. The summed E-state index contributed by atoms with van der Waals surface area (Å²) in [5.41, 5.74) is 0.444. The molecule has 1 aromatic carbocycles. The molecule has 0 spiro atoms. The molecule has 0 saturated heterocycles. The van der Waals surface area contributed by atoms with Crippen molar-refractivity contribution in [3.63, 3.8) is 0 Å². The zero-order valence-electron chi connectivity index (χ0n) is 12.7. The number of hydrogen-bond acceptors (Lipinski definition) is 5. The molecule has 0 heterocycles. The minimum atomic E-state index is -0.340. The van der Waals surface area contributed by atoms with E-state index >= 15 is 0 Å². The van der Waals surface area contributed by atoms with Gasteiger partial charge in [-0.3, -0.25) is 14.4 Å². The first kappa shape index (κ1) is 17.5. The smallest absolute Gasteiger partial charge is 0.305 e. The van der Waals surface area contributed by atoms with Crippen LogP contribution in [-0.4, -0.2) is 45.1 Å². The van der Waals surface area contributed by atoms with Crippen molar-refractivity contribution in [1.82, 2.24) is 10.6 Å². The summed E-state index contributed by atoms with van der Waals surface area (Å²) in [4.78, 5) is 34.2. The predicted molar refractivity (Wildman–Crippen MR) is 79.6 cm³/mol. The summed E-state index contributed by atoms with van der Waals surface area (Å²) in [6, 6.07) is 6.56. The second kappa shape index (κ2) is 9.38. The number of nitrogens with one attached hydrogen (secondary N) is 2. The van der Waals surface area contributed by atoms with Crippen LogP contribution in [0.1, 0.15) is 23.2 Å². The number of methoxy groups -OCH3 is 2. The minimum Gasteiger partial charge on any atom is -0.497 e. The molecular weight excluding hydrogens is 288 g/mol. The van der Waals surface area contributed by atoms with Crippen LogP contribution in [0, 0.1) is 0 Å². The van der Waals surface area contributed by atoms with Gasteiger partial charge in [-0.05, 0) is 30.7 Å². The highest BCUT2D eigenvalue weighted by molar-refractivity contribution is 5.96. The van der Waals surface area contributed by atoms with Crippen LogP contribution in [-0.2, 0) is 14.3 Å². The molecule has 0 aliphatic carbocycles. The molecule has 0 radical (unpaired) electrons. The lowest BCUT2D eigenvalue weighted by Crippen LogP contribution is -2.37. The van der Waals surface area contributed by atoms with Crippen LogP contribution < -0.4 is 15.4 Å². The van der Waals surface area contributed by atoms with Gasteiger partial charge < -0.3 is 20.1 Å². The van der Waals surface area contributed by atoms with Gasteiger partial charge in [-0.15, -0.1) is 0 Å². The number of carbonyl (C=O) groups excluding carboxylic acids is 3. The van der Waals surface area contributed by atoms with Crippen LogP contribution in [0.5, 0.6) is 5.75 Å². The lowest BCUT2D eigenvalue weighted by molar-refractivity contribution is -0.140. The molecule has 2 amide bonds. The van der Waals surface area contributed by atoms with E-state index in [2.05, 4.69) is 15.4 Å². The number of carbonyl (C=O) groups is 3. The van der Waals surface area contributed by atoms with Crippen molar-refractivity contribution in [1.29, 1.82) is 0 Å². The first-order chi connectivity index (χ1) is 10.6. The summed E-state index contributed by atoms with van der Waals surface area (Å²) in [5.74, 6) is -0.318. The van der Waals surface area contributed by atoms with Gasteiger partial charge in [0.2, 0.25) is 5.91 Å². The molecule has 22 heavy (non-hydrogen) atoms. The standard InChI is InChI=1S/C15H20N2O5/c1-21-12-7-5-11(6-8-12)15(20)17-10-13(18)16-9-3-4-14(19)22-2/h5-8H,3-4,9-10H2,1-2H3,(H,16,18)(H,17,20). The van der Waals surface area contributed by atoms with Crippen molar-refractivity contribution < 1.29 is 23.9 Å². The molecule has 0 aliphatic rings. The first-order valence-electron chi connectivity index (χ1n) is 6.82. The fourth-order valence-electron chi connectivity index (χ4n) is 1.63. The van der Waals surface area contributed by atoms with Gasteiger partial charge in [0.15, 0.2) is 0 Å². The zero-order chi connectivity index (χ0) is 16.4. The monoisotopic (exact) mass is 308 g/mol. The average molecular weight is 308 g/mol. The molecule has 7 heteroatoms. The molecule has 0 atom stereocenters. The van der Waals surface area contributed by atoms with Crippen LogP contribution in [0.3, 0.4) is 0 Å². The Morgan fingerprint density at radius 1 is 1.05 bits per heavy atom. The van der Waals surface area contributed by atoms with Crippen molar-refractivity contribution in [3.05, 3.63) is 29.8 Å². The van der Waals surface area contributed by atoms with E-state index in [4.69, 9.17) is 4.74 Å². The predicted octanol–water partition coefficient (Wildman–Crippen LogP) is 0.494. The van der Waals surface area contributed by atoms with Crippen LogP contribution in [0.4, 0.5) is 0 Å². The van der Waals surface area contributed by atoms with Crippen molar-refractivity contribution in [2.24, 2.45) is 0 Å². The average Bonchev–Trinajstić information content (AvgIpc) is 2.56. The van der Waals surface area contributed by atoms with Gasteiger partial charge in [-0.1, -0.05) is 0 Å². The fraction of sp³-hybridized carbons (Fsp3) is 0.400. The second-order valence-corrected chi connectivity index (χ2v) is 4.44. The van der Waals surface area contributed by atoms with E-state index in [1.807, 2.05) is 0 Å². The summed E-state index contributed by atoms with van der Waals surface area (Å²) in [6.45, 7) is 0.232. The van der Waals surface area contributed by atoms with E-state index in [1.54, 1.807) is 31.4 Å². The largest absolute Gasteiger partial charge is 0.497 e. The van der Waals surface area contributed by atoms with Gasteiger partial charge >= 0.3 is 5.97 Å². The lowest BCUT2D eigenvalue weighted by atomic mass is 10.2. The number of amides is 2. The van der Waals surface area contributed by atoms with Gasteiger partial charge in [0.05, 0.1) is 20.8 Å². The Balaban J connectivity index is 2.25. The molecule has 7 nitrogen and oxygen atoms in total. The molecule has 1 rings (SSSR count). The summed E-state index contributed by atoms with van der Waals surface area (Å²) in [6.07, 6.45) is 0.736. The van der Waals surface area contributed by atoms with Crippen LogP contribution in [0.15, 0.2) is 24.3 Å². The third-order valence-corrected chi connectivity index (χ3v) is 2.87. The second-order valence-electron chi connectivity index (χ2n) is 4.44. The SMILES string of the molecule is COC(=O)CCCNC(=O)CNC(=O)c1ccc(OC)cc1. The lowest BCUT2D eigenvalue weighted by Gasteiger charge is -2.07. The maximum atomic E-state index is 11.8. The summed E-state index contributed by atoms with van der Waals surface area (Å²) in [7, 11) is 2.86. The maximum Gasteiger partial charge on any atom is 0.305 e. The van der Waals surface area contributed by atoms with Crippen LogP contribution in [0.25, 0.3) is 0 Å².